The van der Waals surface area contributed by atoms with Crippen LogP contribution in [-0.2, 0) is 0 Å². The molecule has 1 aromatic heterocycles. The monoisotopic (exact) mass is 198 g/mol. The highest BCUT2D eigenvalue weighted by molar-refractivity contribution is 7.11. The molecule has 0 unspecified atom stereocenters. The van der Waals surface area contributed by atoms with Crippen LogP contribution in [0.2, 0.25) is 0 Å². The van der Waals surface area contributed by atoms with Gasteiger partial charge in [-0.05, 0) is 26.3 Å². The number of ether oxygens (including phenoxy) is 1. The Kier molecular flexibility index (Phi) is 2.51. The average Bonchev–Trinajstić information content (AvgIpc) is 2.72. The van der Waals surface area contributed by atoms with Crippen LogP contribution in [0.15, 0.2) is 11.6 Å². The number of hydrogen-bond donors (Lipinski definition) is 1. The number of aromatic nitrogens is 1. The van der Waals surface area contributed by atoms with E-state index in [-0.39, 0.29) is 5.54 Å². The molecule has 1 atom stereocenters. The van der Waals surface area contributed by atoms with Gasteiger partial charge in [0.25, 0.3) is 5.19 Å². The van der Waals surface area contributed by atoms with Gasteiger partial charge in [-0.2, -0.15) is 0 Å². The van der Waals surface area contributed by atoms with Crippen molar-refractivity contribution < 1.29 is 4.74 Å². The summed E-state index contributed by atoms with van der Waals surface area (Å²) in [7, 11) is 0. The number of hydrogen-bond acceptors (Lipinski definition) is 4. The first-order chi connectivity index (χ1) is 6.29. The van der Waals surface area contributed by atoms with Crippen LogP contribution in [0.3, 0.4) is 0 Å². The van der Waals surface area contributed by atoms with Crippen LogP contribution in [0.5, 0.6) is 5.19 Å². The highest BCUT2D eigenvalue weighted by Crippen LogP contribution is 2.21. The molecule has 3 nitrogen and oxygen atoms in total. The number of nitrogens with zero attached hydrogens (tertiary/aromatic N) is 1. The lowest BCUT2D eigenvalue weighted by Gasteiger charge is -2.23. The molecule has 2 rings (SSSR count). The van der Waals surface area contributed by atoms with Crippen molar-refractivity contribution in [3.63, 3.8) is 0 Å². The van der Waals surface area contributed by atoms with Gasteiger partial charge < -0.3 is 10.1 Å². The van der Waals surface area contributed by atoms with E-state index in [4.69, 9.17) is 4.74 Å². The van der Waals surface area contributed by atoms with E-state index in [0.717, 1.165) is 18.3 Å². The van der Waals surface area contributed by atoms with Gasteiger partial charge in [0.2, 0.25) is 0 Å². The van der Waals surface area contributed by atoms with Gasteiger partial charge in [0, 0.05) is 17.1 Å². The highest BCUT2D eigenvalue weighted by Gasteiger charge is 2.28. The first-order valence-corrected chi connectivity index (χ1v) is 5.44. The molecule has 0 saturated carbocycles. The molecular formula is C9H14N2OS. The van der Waals surface area contributed by atoms with E-state index in [1.165, 1.54) is 12.8 Å². The summed E-state index contributed by atoms with van der Waals surface area (Å²) >= 11 is 1.54. The molecule has 2 heterocycles. The highest BCUT2D eigenvalue weighted by atomic mass is 32.1. The van der Waals surface area contributed by atoms with Crippen molar-refractivity contribution in [1.29, 1.82) is 0 Å². The first kappa shape index (κ1) is 8.97. The van der Waals surface area contributed by atoms with Gasteiger partial charge in [0.1, 0.15) is 6.61 Å². The second kappa shape index (κ2) is 3.64. The molecule has 0 spiro atoms. The van der Waals surface area contributed by atoms with Crippen LogP contribution >= 0.6 is 11.3 Å². The minimum absolute atomic E-state index is 0.158. The Hall–Kier alpha value is -0.610. The standard InChI is InChI=1S/C9H14N2OS/c1-9(3-2-4-11-9)7-12-8-10-5-6-13-8/h5-6,11H,2-4,7H2,1H3/t9-/m0/s1. The van der Waals surface area contributed by atoms with Gasteiger partial charge in [-0.3, -0.25) is 0 Å². The third-order valence-corrected chi connectivity index (χ3v) is 3.06. The van der Waals surface area contributed by atoms with Gasteiger partial charge in [-0.15, -0.1) is 0 Å². The fourth-order valence-corrected chi connectivity index (χ4v) is 2.07. The summed E-state index contributed by atoms with van der Waals surface area (Å²) in [6.07, 6.45) is 4.21. The maximum absolute atomic E-state index is 5.58. The van der Waals surface area contributed by atoms with Crippen molar-refractivity contribution in [2.24, 2.45) is 0 Å². The smallest absolute Gasteiger partial charge is 0.273 e. The average molecular weight is 198 g/mol. The molecule has 0 radical (unpaired) electrons. The molecule has 0 amide bonds. The van der Waals surface area contributed by atoms with Crippen molar-refractivity contribution in [2.75, 3.05) is 13.2 Å². The van der Waals surface area contributed by atoms with Gasteiger partial charge in [0.05, 0.1) is 0 Å². The van der Waals surface area contributed by atoms with Crippen molar-refractivity contribution in [3.8, 4) is 5.19 Å². The summed E-state index contributed by atoms with van der Waals surface area (Å²) in [5.74, 6) is 0. The summed E-state index contributed by atoms with van der Waals surface area (Å²) < 4.78 is 5.58. The SMILES string of the molecule is C[C@@]1(COc2nccs2)CCCN1. The van der Waals surface area contributed by atoms with Crippen molar-refractivity contribution >= 4 is 11.3 Å². The Bertz CT molecular complexity index is 255. The molecule has 1 aromatic rings. The molecule has 1 saturated heterocycles. The maximum Gasteiger partial charge on any atom is 0.273 e. The largest absolute Gasteiger partial charge is 0.468 e. The van der Waals surface area contributed by atoms with E-state index in [9.17, 15) is 0 Å². The Morgan fingerprint density at radius 2 is 2.69 bits per heavy atom. The molecule has 13 heavy (non-hydrogen) atoms. The summed E-state index contributed by atoms with van der Waals surface area (Å²) in [4.78, 5) is 4.08. The number of thiazole rings is 1. The Balaban J connectivity index is 1.85. The van der Waals surface area contributed by atoms with Gasteiger partial charge in [0.15, 0.2) is 0 Å². The van der Waals surface area contributed by atoms with Crippen LogP contribution in [0.4, 0.5) is 0 Å². The van der Waals surface area contributed by atoms with Gasteiger partial charge in [-0.1, -0.05) is 11.3 Å². The molecule has 1 aliphatic rings. The number of nitrogens with one attached hydrogen (secondary N) is 1. The molecule has 1 aliphatic heterocycles. The second-order valence-electron chi connectivity index (χ2n) is 3.68. The van der Waals surface area contributed by atoms with E-state index in [2.05, 4.69) is 17.2 Å². The van der Waals surface area contributed by atoms with E-state index in [1.54, 1.807) is 17.5 Å². The predicted octanol–water partition coefficient (Wildman–Crippen LogP) is 1.66. The molecule has 4 heteroatoms. The third-order valence-electron chi connectivity index (χ3n) is 2.38. The van der Waals surface area contributed by atoms with Crippen LogP contribution in [0, 0.1) is 0 Å². The molecule has 1 N–H and O–H groups in total. The van der Waals surface area contributed by atoms with E-state index < -0.39 is 0 Å². The predicted molar refractivity (Wildman–Crippen MR) is 53.3 cm³/mol. The van der Waals surface area contributed by atoms with E-state index in [1.807, 2.05) is 5.38 Å². The zero-order valence-electron chi connectivity index (χ0n) is 7.75. The van der Waals surface area contributed by atoms with Gasteiger partial charge >= 0.3 is 0 Å². The number of rotatable bonds is 3. The van der Waals surface area contributed by atoms with E-state index >= 15 is 0 Å². The quantitative estimate of drug-likeness (QED) is 0.802. The minimum atomic E-state index is 0.158. The van der Waals surface area contributed by atoms with E-state index in [0.29, 0.717) is 0 Å². The third kappa shape index (κ3) is 2.19. The zero-order chi connectivity index (χ0) is 9.15. The molecular weight excluding hydrogens is 184 g/mol. The Labute approximate surface area is 82.1 Å². The fourth-order valence-electron chi connectivity index (χ4n) is 1.58. The lowest BCUT2D eigenvalue weighted by Crippen LogP contribution is -2.42. The van der Waals surface area contributed by atoms with Crippen LogP contribution in [-0.4, -0.2) is 23.7 Å². The molecule has 0 aliphatic carbocycles. The molecule has 72 valence electrons. The maximum atomic E-state index is 5.58. The zero-order valence-corrected chi connectivity index (χ0v) is 8.56. The molecule has 0 aromatic carbocycles. The molecule has 1 fully saturated rings. The van der Waals surface area contributed by atoms with Crippen molar-refractivity contribution in [2.45, 2.75) is 25.3 Å². The lowest BCUT2D eigenvalue weighted by atomic mass is 10.0. The second-order valence-corrected chi connectivity index (χ2v) is 4.53. The first-order valence-electron chi connectivity index (χ1n) is 4.56. The Morgan fingerprint density at radius 1 is 1.77 bits per heavy atom. The molecule has 0 bridgehead atoms. The normalized spacial score (nSPS) is 27.8. The van der Waals surface area contributed by atoms with Gasteiger partial charge in [-0.25, -0.2) is 4.98 Å². The van der Waals surface area contributed by atoms with Crippen LogP contribution < -0.4 is 10.1 Å². The van der Waals surface area contributed by atoms with Crippen molar-refractivity contribution in [3.05, 3.63) is 11.6 Å². The Morgan fingerprint density at radius 3 is 3.31 bits per heavy atom. The van der Waals surface area contributed by atoms with Crippen LogP contribution in [0.25, 0.3) is 0 Å². The van der Waals surface area contributed by atoms with Crippen LogP contribution in [0.1, 0.15) is 19.8 Å². The lowest BCUT2D eigenvalue weighted by molar-refractivity contribution is 0.212. The minimum Gasteiger partial charge on any atom is -0.468 e. The fraction of sp³-hybridized carbons (Fsp3) is 0.667. The topological polar surface area (TPSA) is 34.1 Å². The summed E-state index contributed by atoms with van der Waals surface area (Å²) in [6.45, 7) is 4.03. The van der Waals surface area contributed by atoms with Crippen molar-refractivity contribution in [1.82, 2.24) is 10.3 Å². The summed E-state index contributed by atoms with van der Waals surface area (Å²) in [5, 5.41) is 6.15. The summed E-state index contributed by atoms with van der Waals surface area (Å²) in [6, 6.07) is 0. The summed E-state index contributed by atoms with van der Waals surface area (Å²) in [5.41, 5.74) is 0.158.